The van der Waals surface area contributed by atoms with E-state index in [1.807, 2.05) is 31.2 Å². The molecular formula is C18H24N4O2. The van der Waals surface area contributed by atoms with E-state index in [4.69, 9.17) is 4.74 Å². The van der Waals surface area contributed by atoms with Gasteiger partial charge in [-0.2, -0.15) is 0 Å². The van der Waals surface area contributed by atoms with Crippen LogP contribution in [0, 0.1) is 6.92 Å². The first-order valence-corrected chi connectivity index (χ1v) is 8.47. The van der Waals surface area contributed by atoms with Crippen LogP contribution in [0.4, 0.5) is 0 Å². The lowest BCUT2D eigenvalue weighted by atomic mass is 10.1. The van der Waals surface area contributed by atoms with E-state index in [2.05, 4.69) is 20.1 Å². The predicted octanol–water partition coefficient (Wildman–Crippen LogP) is 2.05. The van der Waals surface area contributed by atoms with Crippen molar-refractivity contribution in [2.75, 3.05) is 7.11 Å². The number of rotatable bonds is 5. The quantitative estimate of drug-likeness (QED) is 0.912. The summed E-state index contributed by atoms with van der Waals surface area (Å²) in [5, 5.41) is 11.5. The number of carbonyl (C=O) groups excluding carboxylic acids is 1. The Morgan fingerprint density at radius 2 is 2.17 bits per heavy atom. The number of aryl methyl sites for hydroxylation is 3. The van der Waals surface area contributed by atoms with Crippen molar-refractivity contribution in [2.24, 2.45) is 0 Å². The number of hydrogen-bond donors (Lipinski definition) is 1. The minimum absolute atomic E-state index is 0.0975. The molecule has 3 rings (SSSR count). The maximum atomic E-state index is 12.3. The number of hydrogen-bond acceptors (Lipinski definition) is 4. The van der Waals surface area contributed by atoms with Crippen LogP contribution in [-0.4, -0.2) is 33.8 Å². The highest BCUT2D eigenvalue weighted by molar-refractivity contribution is 5.76. The van der Waals surface area contributed by atoms with E-state index >= 15 is 0 Å². The molecule has 0 fully saturated rings. The topological polar surface area (TPSA) is 69.0 Å². The number of methoxy groups -OCH3 is 1. The number of amides is 1. The van der Waals surface area contributed by atoms with Gasteiger partial charge in [0.25, 0.3) is 0 Å². The van der Waals surface area contributed by atoms with Crippen LogP contribution in [0.2, 0.25) is 0 Å². The monoisotopic (exact) mass is 328 g/mol. The van der Waals surface area contributed by atoms with E-state index in [0.717, 1.165) is 48.8 Å². The lowest BCUT2D eigenvalue weighted by Gasteiger charge is -2.16. The van der Waals surface area contributed by atoms with E-state index in [-0.39, 0.29) is 11.9 Å². The van der Waals surface area contributed by atoms with Gasteiger partial charge in [0.1, 0.15) is 17.4 Å². The summed E-state index contributed by atoms with van der Waals surface area (Å²) in [6, 6.07) is 8.05. The van der Waals surface area contributed by atoms with Crippen molar-refractivity contribution in [3.8, 4) is 5.75 Å². The predicted molar refractivity (Wildman–Crippen MR) is 90.9 cm³/mol. The van der Waals surface area contributed by atoms with Crippen molar-refractivity contribution in [3.05, 3.63) is 41.5 Å². The number of nitrogens with one attached hydrogen (secondary N) is 1. The fraction of sp³-hybridized carbons (Fsp3) is 0.500. The molecule has 0 bridgehead atoms. The fourth-order valence-corrected chi connectivity index (χ4v) is 3.24. The summed E-state index contributed by atoms with van der Waals surface area (Å²) in [7, 11) is 1.66. The average molecular weight is 328 g/mol. The van der Waals surface area contributed by atoms with E-state index in [1.54, 1.807) is 7.11 Å². The Morgan fingerprint density at radius 3 is 3.00 bits per heavy atom. The molecule has 1 amide bonds. The molecule has 1 aliphatic heterocycles. The minimum Gasteiger partial charge on any atom is -0.496 e. The molecule has 6 nitrogen and oxygen atoms in total. The van der Waals surface area contributed by atoms with Crippen LogP contribution in [0.25, 0.3) is 0 Å². The first-order valence-electron chi connectivity index (χ1n) is 8.47. The van der Waals surface area contributed by atoms with Crippen LogP contribution in [0.1, 0.15) is 36.5 Å². The van der Waals surface area contributed by atoms with Crippen molar-refractivity contribution in [1.29, 1.82) is 0 Å². The molecule has 0 spiro atoms. The molecule has 0 aliphatic carbocycles. The van der Waals surface area contributed by atoms with Gasteiger partial charge in [-0.15, -0.1) is 10.2 Å². The molecule has 0 saturated heterocycles. The molecule has 2 heterocycles. The van der Waals surface area contributed by atoms with E-state index in [9.17, 15) is 4.79 Å². The fourth-order valence-electron chi connectivity index (χ4n) is 3.24. The van der Waals surface area contributed by atoms with Crippen LogP contribution in [0.3, 0.4) is 0 Å². The van der Waals surface area contributed by atoms with Crippen molar-refractivity contribution in [2.45, 2.75) is 51.6 Å². The molecule has 128 valence electrons. The van der Waals surface area contributed by atoms with Crippen LogP contribution < -0.4 is 10.1 Å². The van der Waals surface area contributed by atoms with E-state index < -0.39 is 0 Å². The molecule has 1 N–H and O–H groups in total. The molecule has 0 radical (unpaired) electrons. The zero-order valence-corrected chi connectivity index (χ0v) is 14.3. The molecule has 0 saturated carbocycles. The summed E-state index contributed by atoms with van der Waals surface area (Å²) in [6.45, 7) is 2.84. The zero-order valence-electron chi connectivity index (χ0n) is 14.3. The van der Waals surface area contributed by atoms with E-state index in [0.29, 0.717) is 12.8 Å². The average Bonchev–Trinajstić information content (AvgIpc) is 2.82. The summed E-state index contributed by atoms with van der Waals surface area (Å²) in [5.74, 6) is 2.92. The molecule has 1 aromatic carbocycles. The molecule has 2 aromatic rings. The number of fused-ring (bicyclic) bond motifs is 1. The Bertz CT molecular complexity index is 711. The molecule has 1 unspecified atom stereocenters. The van der Waals surface area contributed by atoms with Crippen LogP contribution in [0.15, 0.2) is 24.3 Å². The minimum atomic E-state index is 0.0975. The smallest absolute Gasteiger partial charge is 0.220 e. The lowest BCUT2D eigenvalue weighted by molar-refractivity contribution is -0.121. The third-order valence-corrected chi connectivity index (χ3v) is 4.61. The number of carbonyl (C=O) groups is 1. The highest BCUT2D eigenvalue weighted by atomic mass is 16.5. The van der Waals surface area contributed by atoms with Crippen molar-refractivity contribution < 1.29 is 9.53 Å². The Balaban J connectivity index is 1.50. The van der Waals surface area contributed by atoms with Crippen molar-refractivity contribution >= 4 is 5.91 Å². The van der Waals surface area contributed by atoms with Crippen molar-refractivity contribution in [3.63, 3.8) is 0 Å². The summed E-state index contributed by atoms with van der Waals surface area (Å²) < 4.78 is 7.49. The highest BCUT2D eigenvalue weighted by Crippen LogP contribution is 2.19. The first-order chi connectivity index (χ1) is 11.7. The molecule has 1 atom stereocenters. The second kappa shape index (κ2) is 7.47. The van der Waals surface area contributed by atoms with Crippen LogP contribution >= 0.6 is 0 Å². The van der Waals surface area contributed by atoms with Crippen LogP contribution in [0.5, 0.6) is 5.75 Å². The van der Waals surface area contributed by atoms with Gasteiger partial charge in [0.2, 0.25) is 5.91 Å². The third kappa shape index (κ3) is 3.75. The van der Waals surface area contributed by atoms with E-state index in [1.165, 1.54) is 0 Å². The Hall–Kier alpha value is -2.37. The van der Waals surface area contributed by atoms with Gasteiger partial charge in [-0.25, -0.2) is 0 Å². The normalized spacial score (nSPS) is 17.0. The molecule has 1 aliphatic rings. The zero-order chi connectivity index (χ0) is 16.9. The number of nitrogens with zero attached hydrogens (tertiary/aromatic N) is 3. The number of benzene rings is 1. The molecule has 6 heteroatoms. The van der Waals surface area contributed by atoms with Crippen LogP contribution in [-0.2, 0) is 24.2 Å². The second-order valence-electron chi connectivity index (χ2n) is 6.22. The number of para-hydroxylation sites is 1. The second-order valence-corrected chi connectivity index (χ2v) is 6.22. The molecular weight excluding hydrogens is 304 g/mol. The Kier molecular flexibility index (Phi) is 5.13. The summed E-state index contributed by atoms with van der Waals surface area (Å²) in [6.07, 6.45) is 3.86. The number of ether oxygens (including phenoxy) is 1. The van der Waals surface area contributed by atoms with Crippen molar-refractivity contribution in [1.82, 2.24) is 20.1 Å². The Morgan fingerprint density at radius 1 is 1.33 bits per heavy atom. The molecule has 1 aromatic heterocycles. The van der Waals surface area contributed by atoms with Gasteiger partial charge in [0.05, 0.1) is 7.11 Å². The standard InChI is InChI=1S/C18H24N4O2/c1-13-20-21-17-9-8-15(11-12-22(13)17)19-18(23)10-7-14-5-3-4-6-16(14)24-2/h3-6,15H,7-12H2,1-2H3,(H,19,23). The highest BCUT2D eigenvalue weighted by Gasteiger charge is 2.20. The summed E-state index contributed by atoms with van der Waals surface area (Å²) >= 11 is 0. The van der Waals surface area contributed by atoms with Gasteiger partial charge >= 0.3 is 0 Å². The van der Waals surface area contributed by atoms with Gasteiger partial charge in [0, 0.05) is 25.4 Å². The van der Waals surface area contributed by atoms with Gasteiger partial charge in [0.15, 0.2) is 0 Å². The SMILES string of the molecule is COc1ccccc1CCC(=O)NC1CCc2nnc(C)n2CC1. The summed E-state index contributed by atoms with van der Waals surface area (Å²) in [5.41, 5.74) is 1.07. The maximum Gasteiger partial charge on any atom is 0.220 e. The van der Waals surface area contributed by atoms with Gasteiger partial charge < -0.3 is 14.6 Å². The lowest BCUT2D eigenvalue weighted by Crippen LogP contribution is -2.35. The summed E-state index contributed by atoms with van der Waals surface area (Å²) in [4.78, 5) is 12.3. The van der Waals surface area contributed by atoms with Gasteiger partial charge in [-0.1, -0.05) is 18.2 Å². The van der Waals surface area contributed by atoms with Gasteiger partial charge in [-0.3, -0.25) is 4.79 Å². The maximum absolute atomic E-state index is 12.3. The molecule has 24 heavy (non-hydrogen) atoms. The number of aromatic nitrogens is 3. The van der Waals surface area contributed by atoms with Gasteiger partial charge in [-0.05, 0) is 37.8 Å². The first kappa shape index (κ1) is 16.5. The largest absolute Gasteiger partial charge is 0.496 e. The third-order valence-electron chi connectivity index (χ3n) is 4.61. The Labute approximate surface area is 142 Å².